The molecule has 1 heterocycles. The minimum absolute atomic E-state index is 0. The molecule has 5 rings (SSSR count). The molecule has 26 heavy (non-hydrogen) atoms. The molecule has 0 fully saturated rings. The third-order valence-corrected chi connectivity index (χ3v) is 4.93. The molecule has 0 N–H and O–H groups in total. The van der Waals surface area contributed by atoms with Gasteiger partial charge in [0.15, 0.2) is 12.4 Å². The molecule has 0 amide bonds. The van der Waals surface area contributed by atoms with Gasteiger partial charge in [-0.15, -0.1) is 0 Å². The van der Waals surface area contributed by atoms with Gasteiger partial charge in [0.25, 0.3) is 0 Å². The minimum Gasteiger partial charge on any atom is -1.00 e. The molecule has 0 saturated carbocycles. The highest BCUT2D eigenvalue weighted by molar-refractivity contribution is 6.26. The van der Waals surface area contributed by atoms with Crippen LogP contribution in [0, 0.1) is 0 Å². The van der Waals surface area contributed by atoms with E-state index in [2.05, 4.69) is 48.5 Å². The van der Waals surface area contributed by atoms with Gasteiger partial charge in [0.1, 0.15) is 0 Å². The second kappa shape index (κ2) is 6.50. The van der Waals surface area contributed by atoms with Crippen molar-refractivity contribution in [1.29, 1.82) is 0 Å². The highest BCUT2D eigenvalue weighted by Gasteiger charge is 2.17. The van der Waals surface area contributed by atoms with Crippen LogP contribution in [0.4, 0.5) is 0 Å². The van der Waals surface area contributed by atoms with Crippen LogP contribution in [0.5, 0.6) is 0 Å². The molecule has 0 atom stereocenters. The zero-order valence-corrected chi connectivity index (χ0v) is 15.6. The summed E-state index contributed by atoms with van der Waals surface area (Å²) in [4.78, 5) is 12.9. The second-order valence-corrected chi connectivity index (χ2v) is 6.44. The van der Waals surface area contributed by atoms with Crippen molar-refractivity contribution in [2.24, 2.45) is 0 Å². The van der Waals surface area contributed by atoms with Crippen LogP contribution in [0.1, 0.15) is 10.4 Å². The Kier molecular flexibility index (Phi) is 4.17. The number of carbonyl (C=O) groups excluding carboxylic acids is 1. The van der Waals surface area contributed by atoms with Crippen LogP contribution in [0.3, 0.4) is 0 Å². The predicted molar refractivity (Wildman–Crippen MR) is 101 cm³/mol. The monoisotopic (exact) mass is 401 g/mol. The average molecular weight is 402 g/mol. The van der Waals surface area contributed by atoms with Gasteiger partial charge in [-0.05, 0) is 38.4 Å². The Labute approximate surface area is 161 Å². The lowest BCUT2D eigenvalue weighted by Gasteiger charge is -2.12. The van der Waals surface area contributed by atoms with Gasteiger partial charge in [-0.2, -0.15) is 4.57 Å². The molecule has 0 spiro atoms. The van der Waals surface area contributed by atoms with Gasteiger partial charge in [-0.25, -0.2) is 0 Å². The molecule has 0 unspecified atom stereocenters. The third-order valence-electron chi connectivity index (χ3n) is 4.93. The number of ketones is 1. The van der Waals surface area contributed by atoms with E-state index >= 15 is 0 Å². The molecule has 1 aromatic heterocycles. The molecule has 5 aromatic rings. The smallest absolute Gasteiger partial charge is 0.228 e. The lowest BCUT2D eigenvalue weighted by atomic mass is 9.91. The fraction of sp³-hybridized carbons (Fsp3) is 0.0435. The van der Waals surface area contributed by atoms with E-state index in [0.29, 0.717) is 6.54 Å². The number of rotatable bonds is 3. The van der Waals surface area contributed by atoms with Gasteiger partial charge < -0.3 is 17.0 Å². The molecule has 0 aliphatic carbocycles. The molecule has 0 saturated heterocycles. The Morgan fingerprint density at radius 2 is 1.31 bits per heavy atom. The van der Waals surface area contributed by atoms with E-state index in [-0.39, 0.29) is 22.8 Å². The van der Waals surface area contributed by atoms with Crippen LogP contribution in [-0.2, 0) is 6.54 Å². The summed E-state index contributed by atoms with van der Waals surface area (Å²) in [7, 11) is 0. The average Bonchev–Trinajstić information content (AvgIpc) is 2.67. The van der Waals surface area contributed by atoms with Crippen molar-refractivity contribution in [3.63, 3.8) is 0 Å². The predicted octanol–water partition coefficient (Wildman–Crippen LogP) is 1.76. The molecule has 4 aromatic carbocycles. The van der Waals surface area contributed by atoms with Crippen LogP contribution in [0.25, 0.3) is 32.3 Å². The maximum absolute atomic E-state index is 12.9. The summed E-state index contributed by atoms with van der Waals surface area (Å²) in [6, 6.07) is 24.7. The lowest BCUT2D eigenvalue weighted by molar-refractivity contribution is -0.683. The number of pyridine rings is 1. The van der Waals surface area contributed by atoms with Gasteiger partial charge >= 0.3 is 0 Å². The summed E-state index contributed by atoms with van der Waals surface area (Å²) in [5, 5.41) is 7.11. The van der Waals surface area contributed by atoms with E-state index in [1.165, 1.54) is 26.9 Å². The summed E-state index contributed by atoms with van der Waals surface area (Å²) in [6.07, 6.45) is 3.85. The number of hydrogen-bond acceptors (Lipinski definition) is 1. The van der Waals surface area contributed by atoms with E-state index in [1.54, 1.807) is 0 Å². The van der Waals surface area contributed by atoms with E-state index in [0.717, 1.165) is 10.9 Å². The summed E-state index contributed by atoms with van der Waals surface area (Å²) < 4.78 is 1.92. The maximum atomic E-state index is 12.9. The SMILES string of the molecule is O=C(C[n+]1ccccc1)c1ccc2ccc3cccc4ccc1c2c34.[Br-]. The van der Waals surface area contributed by atoms with Crippen LogP contribution in [0.2, 0.25) is 0 Å². The van der Waals surface area contributed by atoms with Gasteiger partial charge in [-0.3, -0.25) is 4.79 Å². The van der Waals surface area contributed by atoms with Crippen molar-refractivity contribution < 1.29 is 26.3 Å². The van der Waals surface area contributed by atoms with E-state index < -0.39 is 0 Å². The van der Waals surface area contributed by atoms with Gasteiger partial charge in [0.2, 0.25) is 12.3 Å². The molecule has 0 aliphatic heterocycles. The molecule has 0 bridgehead atoms. The summed E-state index contributed by atoms with van der Waals surface area (Å²) in [5.41, 5.74) is 0.794. The number of halogens is 1. The maximum Gasteiger partial charge on any atom is 0.228 e. The van der Waals surface area contributed by atoms with Crippen LogP contribution in [0.15, 0.2) is 85.2 Å². The number of Topliss-reactive ketones (excluding diaryl/α,β-unsaturated/α-hetero) is 1. The molecule has 0 aliphatic rings. The zero-order valence-electron chi connectivity index (χ0n) is 14.0. The van der Waals surface area contributed by atoms with E-state index in [4.69, 9.17) is 0 Å². The topological polar surface area (TPSA) is 20.9 Å². The molecule has 3 heteroatoms. The zero-order chi connectivity index (χ0) is 16.8. The molecular formula is C23H16BrNO. The Morgan fingerprint density at radius 1 is 0.692 bits per heavy atom. The number of hydrogen-bond donors (Lipinski definition) is 0. The van der Waals surface area contributed by atoms with Gasteiger partial charge in [0.05, 0.1) is 0 Å². The number of nitrogens with zero attached hydrogens (tertiary/aromatic N) is 1. The highest BCUT2D eigenvalue weighted by Crippen LogP contribution is 2.35. The second-order valence-electron chi connectivity index (χ2n) is 6.44. The minimum atomic E-state index is 0. The number of aromatic nitrogens is 1. The van der Waals surface area contributed by atoms with Crippen molar-refractivity contribution >= 4 is 38.1 Å². The standard InChI is InChI=1S/C23H16NO.BrH/c25-21(15-24-13-2-1-3-14-24)19-11-9-18-8-7-16-5-4-6-17-10-12-20(19)23(18)22(16)17;/h1-14H,15H2;1H/q+1;/p-1. The van der Waals surface area contributed by atoms with E-state index in [1.807, 2.05) is 41.2 Å². The van der Waals surface area contributed by atoms with Crippen molar-refractivity contribution in [3.05, 3.63) is 90.8 Å². The van der Waals surface area contributed by atoms with Crippen LogP contribution >= 0.6 is 0 Å². The fourth-order valence-electron chi connectivity index (χ4n) is 3.77. The van der Waals surface area contributed by atoms with Crippen molar-refractivity contribution in [2.45, 2.75) is 6.54 Å². The Hall–Kier alpha value is -2.78. The Bertz CT molecular complexity index is 1220. The van der Waals surface area contributed by atoms with Crippen LogP contribution < -0.4 is 21.5 Å². The molecule has 126 valence electrons. The molecule has 0 radical (unpaired) electrons. The van der Waals surface area contributed by atoms with Gasteiger partial charge in [0, 0.05) is 17.7 Å². The molecule has 2 nitrogen and oxygen atoms in total. The van der Waals surface area contributed by atoms with Crippen molar-refractivity contribution in [3.8, 4) is 0 Å². The lowest BCUT2D eigenvalue weighted by Crippen LogP contribution is -3.00. The summed E-state index contributed by atoms with van der Waals surface area (Å²) >= 11 is 0. The van der Waals surface area contributed by atoms with Crippen LogP contribution in [-0.4, -0.2) is 5.78 Å². The Morgan fingerprint density at radius 3 is 2.04 bits per heavy atom. The first-order chi connectivity index (χ1) is 12.3. The van der Waals surface area contributed by atoms with Gasteiger partial charge in [-0.1, -0.05) is 54.6 Å². The van der Waals surface area contributed by atoms with E-state index in [9.17, 15) is 4.79 Å². The first-order valence-corrected chi connectivity index (χ1v) is 8.45. The first kappa shape index (κ1) is 16.7. The number of benzene rings is 4. The van der Waals surface area contributed by atoms with Crippen molar-refractivity contribution in [1.82, 2.24) is 0 Å². The third kappa shape index (κ3) is 2.56. The number of carbonyl (C=O) groups is 1. The quantitative estimate of drug-likeness (QED) is 0.256. The summed E-state index contributed by atoms with van der Waals surface area (Å²) in [6.45, 7) is 0.352. The Balaban J connectivity index is 0.00000168. The normalized spacial score (nSPS) is 11.1. The highest BCUT2D eigenvalue weighted by atomic mass is 79.9. The largest absolute Gasteiger partial charge is 1.00 e. The fourth-order valence-corrected chi connectivity index (χ4v) is 3.77. The van der Waals surface area contributed by atoms with Crippen molar-refractivity contribution in [2.75, 3.05) is 0 Å². The first-order valence-electron chi connectivity index (χ1n) is 8.45. The summed E-state index contributed by atoms with van der Waals surface area (Å²) in [5.74, 6) is 0.133. The molecular weight excluding hydrogens is 386 g/mol.